The van der Waals surface area contributed by atoms with E-state index in [1.54, 1.807) is 0 Å². The third kappa shape index (κ3) is 10.2. The fourth-order valence-electron chi connectivity index (χ4n) is 1.17. The molecule has 0 aromatic carbocycles. The molecule has 0 aliphatic heterocycles. The Balaban J connectivity index is 0. The Morgan fingerprint density at radius 3 is 2.09 bits per heavy atom. The molecule has 2 N–H and O–H groups in total. The summed E-state index contributed by atoms with van der Waals surface area (Å²) in [7, 11) is 0. The Labute approximate surface area is 77.2 Å². The van der Waals surface area contributed by atoms with Gasteiger partial charge in [0, 0.05) is 6.04 Å². The van der Waals surface area contributed by atoms with E-state index < -0.39 is 0 Å². The van der Waals surface area contributed by atoms with Gasteiger partial charge in [-0.25, -0.2) is 0 Å². The van der Waals surface area contributed by atoms with Crippen molar-refractivity contribution in [1.29, 1.82) is 0 Å². The third-order valence-corrected chi connectivity index (χ3v) is 1.84. The maximum absolute atomic E-state index is 5.82. The van der Waals surface area contributed by atoms with Crippen molar-refractivity contribution in [3.05, 3.63) is 0 Å². The molecule has 11 heavy (non-hydrogen) atoms. The highest BCUT2D eigenvalue weighted by atomic mass is 35.5. The lowest BCUT2D eigenvalue weighted by atomic mass is 10.1. The lowest BCUT2D eigenvalue weighted by Crippen LogP contribution is -2.18. The highest BCUT2D eigenvalue weighted by molar-refractivity contribution is 5.85. The molecule has 0 saturated heterocycles. The monoisotopic (exact) mass is 179 g/mol. The van der Waals surface area contributed by atoms with Crippen molar-refractivity contribution in [1.82, 2.24) is 0 Å². The molecule has 0 aliphatic carbocycles. The number of rotatable bonds is 6. The fourth-order valence-corrected chi connectivity index (χ4v) is 1.17. The summed E-state index contributed by atoms with van der Waals surface area (Å²) < 4.78 is 0. The highest BCUT2D eigenvalue weighted by Crippen LogP contribution is 2.05. The number of unbranched alkanes of at least 4 members (excludes halogenated alkanes) is 2. The molecule has 0 aromatic rings. The van der Waals surface area contributed by atoms with E-state index in [2.05, 4.69) is 13.8 Å². The lowest BCUT2D eigenvalue weighted by Gasteiger charge is -2.08. The van der Waals surface area contributed by atoms with E-state index in [1.807, 2.05) is 0 Å². The first-order chi connectivity index (χ1) is 4.81. The average molecular weight is 180 g/mol. The number of nitrogens with two attached hydrogens (primary N) is 1. The van der Waals surface area contributed by atoms with Gasteiger partial charge >= 0.3 is 0 Å². The number of halogens is 1. The second kappa shape index (κ2) is 10.2. The molecule has 0 spiro atoms. The Morgan fingerprint density at radius 1 is 1.00 bits per heavy atom. The molecule has 1 nitrogen and oxygen atoms in total. The second-order valence-electron chi connectivity index (χ2n) is 3.04. The molecule has 0 amide bonds. The molecule has 0 radical (unpaired) electrons. The van der Waals surface area contributed by atoms with Crippen molar-refractivity contribution < 1.29 is 0 Å². The van der Waals surface area contributed by atoms with Crippen LogP contribution < -0.4 is 5.73 Å². The first-order valence-corrected chi connectivity index (χ1v) is 4.56. The predicted molar refractivity (Wildman–Crippen MR) is 54.3 cm³/mol. The van der Waals surface area contributed by atoms with Gasteiger partial charge in [0.05, 0.1) is 0 Å². The summed E-state index contributed by atoms with van der Waals surface area (Å²) in [5, 5.41) is 0. The van der Waals surface area contributed by atoms with Crippen LogP contribution in [-0.2, 0) is 0 Å². The Hall–Kier alpha value is 0.250. The number of hydrogen-bond donors (Lipinski definition) is 1. The zero-order valence-corrected chi connectivity index (χ0v) is 8.62. The molecule has 1 atom stereocenters. The van der Waals surface area contributed by atoms with E-state index in [1.165, 1.54) is 38.5 Å². The van der Waals surface area contributed by atoms with Crippen LogP contribution in [0.15, 0.2) is 0 Å². The molecule has 0 aromatic heterocycles. The molecule has 2 heteroatoms. The average Bonchev–Trinajstić information content (AvgIpc) is 1.89. The molecule has 1 unspecified atom stereocenters. The summed E-state index contributed by atoms with van der Waals surface area (Å²) >= 11 is 0. The van der Waals surface area contributed by atoms with Gasteiger partial charge in [-0.05, 0) is 12.8 Å². The van der Waals surface area contributed by atoms with Crippen LogP contribution in [0, 0.1) is 0 Å². The maximum atomic E-state index is 5.82. The van der Waals surface area contributed by atoms with Crippen molar-refractivity contribution in [3.8, 4) is 0 Å². The molecule has 0 saturated carbocycles. The second-order valence-corrected chi connectivity index (χ2v) is 3.04. The zero-order valence-electron chi connectivity index (χ0n) is 7.81. The predicted octanol–water partition coefficient (Wildman–Crippen LogP) is 3.12. The van der Waals surface area contributed by atoms with Gasteiger partial charge in [-0.15, -0.1) is 12.4 Å². The van der Waals surface area contributed by atoms with Crippen LogP contribution >= 0.6 is 12.4 Å². The largest absolute Gasteiger partial charge is 0.328 e. The van der Waals surface area contributed by atoms with Gasteiger partial charge in [0.1, 0.15) is 0 Å². The first kappa shape index (κ1) is 13.8. The van der Waals surface area contributed by atoms with Crippen LogP contribution in [0.5, 0.6) is 0 Å². The summed E-state index contributed by atoms with van der Waals surface area (Å²) in [6, 6.07) is 0.469. The van der Waals surface area contributed by atoms with Crippen LogP contribution in [-0.4, -0.2) is 6.04 Å². The molecular weight excluding hydrogens is 158 g/mol. The lowest BCUT2D eigenvalue weighted by molar-refractivity contribution is 0.524. The van der Waals surface area contributed by atoms with E-state index in [-0.39, 0.29) is 12.4 Å². The minimum atomic E-state index is 0. The third-order valence-electron chi connectivity index (χ3n) is 1.84. The summed E-state index contributed by atoms with van der Waals surface area (Å²) in [6.07, 6.45) is 7.62. The molecule has 0 heterocycles. The number of hydrogen-bond acceptors (Lipinski definition) is 1. The van der Waals surface area contributed by atoms with Crippen LogP contribution in [0.4, 0.5) is 0 Å². The van der Waals surface area contributed by atoms with Crippen molar-refractivity contribution >= 4 is 12.4 Å². The SMILES string of the molecule is CCCCCC(N)CCC.Cl. The van der Waals surface area contributed by atoms with Crippen LogP contribution in [0.2, 0.25) is 0 Å². The van der Waals surface area contributed by atoms with Crippen molar-refractivity contribution in [2.24, 2.45) is 5.73 Å². The van der Waals surface area contributed by atoms with Crippen molar-refractivity contribution in [2.45, 2.75) is 58.4 Å². The quantitative estimate of drug-likeness (QED) is 0.624. The van der Waals surface area contributed by atoms with E-state index in [9.17, 15) is 0 Å². The van der Waals surface area contributed by atoms with E-state index in [0.717, 1.165) is 0 Å². The normalized spacial score (nSPS) is 12.3. The molecule has 0 aliphatic rings. The maximum Gasteiger partial charge on any atom is 0.00387 e. The molecule has 0 bridgehead atoms. The first-order valence-electron chi connectivity index (χ1n) is 4.56. The topological polar surface area (TPSA) is 26.0 Å². The van der Waals surface area contributed by atoms with E-state index in [4.69, 9.17) is 5.73 Å². The summed E-state index contributed by atoms with van der Waals surface area (Å²) in [4.78, 5) is 0. The van der Waals surface area contributed by atoms with E-state index in [0.29, 0.717) is 6.04 Å². The zero-order chi connectivity index (χ0) is 7.82. The smallest absolute Gasteiger partial charge is 0.00387 e. The molecular formula is C9H22ClN. The summed E-state index contributed by atoms with van der Waals surface area (Å²) in [6.45, 7) is 4.42. The van der Waals surface area contributed by atoms with Crippen LogP contribution in [0.3, 0.4) is 0 Å². The van der Waals surface area contributed by atoms with Gasteiger partial charge in [-0.2, -0.15) is 0 Å². The minimum absolute atomic E-state index is 0. The van der Waals surface area contributed by atoms with Crippen molar-refractivity contribution in [2.75, 3.05) is 0 Å². The van der Waals surface area contributed by atoms with Gasteiger partial charge in [0.25, 0.3) is 0 Å². The molecule has 0 rings (SSSR count). The highest BCUT2D eigenvalue weighted by Gasteiger charge is 1.98. The standard InChI is InChI=1S/C9H21N.ClH/c1-3-5-6-8-9(10)7-4-2;/h9H,3-8,10H2,1-2H3;1H. The van der Waals surface area contributed by atoms with Crippen LogP contribution in [0.25, 0.3) is 0 Å². The summed E-state index contributed by atoms with van der Waals surface area (Å²) in [5.41, 5.74) is 5.82. The minimum Gasteiger partial charge on any atom is -0.328 e. The van der Waals surface area contributed by atoms with E-state index >= 15 is 0 Å². The molecule has 70 valence electrons. The van der Waals surface area contributed by atoms with Crippen LogP contribution in [0.1, 0.15) is 52.4 Å². The van der Waals surface area contributed by atoms with Gasteiger partial charge in [-0.1, -0.05) is 39.5 Å². The van der Waals surface area contributed by atoms with Gasteiger partial charge in [0.15, 0.2) is 0 Å². The van der Waals surface area contributed by atoms with Gasteiger partial charge in [-0.3, -0.25) is 0 Å². The van der Waals surface area contributed by atoms with Gasteiger partial charge < -0.3 is 5.73 Å². The Kier molecular flexibility index (Phi) is 12.9. The Bertz CT molecular complexity index is 66.6. The fraction of sp³-hybridized carbons (Fsp3) is 1.00. The van der Waals surface area contributed by atoms with Crippen molar-refractivity contribution in [3.63, 3.8) is 0 Å². The molecule has 0 fully saturated rings. The Morgan fingerprint density at radius 2 is 1.64 bits per heavy atom. The summed E-state index contributed by atoms with van der Waals surface area (Å²) in [5.74, 6) is 0. The van der Waals surface area contributed by atoms with Gasteiger partial charge in [0.2, 0.25) is 0 Å².